The number of ether oxygens (including phenoxy) is 1. The molecule has 8 heteroatoms. The van der Waals surface area contributed by atoms with Crippen LogP contribution in [0.1, 0.15) is 10.6 Å². The Bertz CT molecular complexity index is 544. The fraction of sp³-hybridized carbons (Fsp3) is 0.462. The highest BCUT2D eigenvalue weighted by molar-refractivity contribution is 7.15. The minimum atomic E-state index is -0.526. The molecular weight excluding hydrogens is 292 g/mol. The minimum absolute atomic E-state index is 0.0178. The first-order chi connectivity index (χ1) is 10.1. The SMILES string of the molecule is C=CCNC(=O)CN1CCc2nc(NC(=O)OC)sc2C1. The van der Waals surface area contributed by atoms with Crippen LogP contribution in [0.15, 0.2) is 12.7 Å². The van der Waals surface area contributed by atoms with Gasteiger partial charge in [0.05, 0.1) is 19.3 Å². The van der Waals surface area contributed by atoms with E-state index in [4.69, 9.17) is 0 Å². The number of hydrogen-bond donors (Lipinski definition) is 2. The van der Waals surface area contributed by atoms with Crippen molar-refractivity contribution in [3.8, 4) is 0 Å². The summed E-state index contributed by atoms with van der Waals surface area (Å²) in [4.78, 5) is 30.3. The Kier molecular flexibility index (Phi) is 5.29. The summed E-state index contributed by atoms with van der Waals surface area (Å²) in [7, 11) is 1.31. The Hall–Kier alpha value is -1.93. The summed E-state index contributed by atoms with van der Waals surface area (Å²) in [5, 5.41) is 5.86. The molecule has 1 aromatic heterocycles. The van der Waals surface area contributed by atoms with Crippen molar-refractivity contribution < 1.29 is 14.3 Å². The van der Waals surface area contributed by atoms with Gasteiger partial charge in [0.25, 0.3) is 0 Å². The van der Waals surface area contributed by atoms with Crippen LogP contribution in [0.5, 0.6) is 0 Å². The van der Waals surface area contributed by atoms with Crippen molar-refractivity contribution in [2.24, 2.45) is 0 Å². The Balaban J connectivity index is 1.92. The van der Waals surface area contributed by atoms with Gasteiger partial charge in [-0.2, -0.15) is 0 Å². The van der Waals surface area contributed by atoms with Crippen LogP contribution >= 0.6 is 11.3 Å². The van der Waals surface area contributed by atoms with Crippen LogP contribution in [0.25, 0.3) is 0 Å². The van der Waals surface area contributed by atoms with E-state index in [1.54, 1.807) is 6.08 Å². The molecule has 0 aliphatic carbocycles. The normalized spacial score (nSPS) is 14.1. The van der Waals surface area contributed by atoms with Gasteiger partial charge in [-0.15, -0.1) is 6.58 Å². The molecule has 1 aliphatic rings. The largest absolute Gasteiger partial charge is 0.453 e. The Labute approximate surface area is 127 Å². The van der Waals surface area contributed by atoms with Gasteiger partial charge in [0.1, 0.15) is 0 Å². The fourth-order valence-corrected chi connectivity index (χ4v) is 3.06. The molecule has 7 nitrogen and oxygen atoms in total. The molecule has 0 saturated heterocycles. The zero-order valence-corrected chi connectivity index (χ0v) is 12.7. The van der Waals surface area contributed by atoms with Gasteiger partial charge in [0.2, 0.25) is 5.91 Å². The van der Waals surface area contributed by atoms with Gasteiger partial charge in [0, 0.05) is 30.9 Å². The van der Waals surface area contributed by atoms with E-state index in [0.717, 1.165) is 23.5 Å². The summed E-state index contributed by atoms with van der Waals surface area (Å²) in [5.74, 6) is -0.0178. The molecule has 0 radical (unpaired) electrons. The summed E-state index contributed by atoms with van der Waals surface area (Å²) in [6.45, 7) is 5.83. The van der Waals surface area contributed by atoms with Crippen LogP contribution in [0.3, 0.4) is 0 Å². The number of nitrogens with zero attached hydrogens (tertiary/aromatic N) is 2. The van der Waals surface area contributed by atoms with Gasteiger partial charge < -0.3 is 10.1 Å². The number of thiazole rings is 1. The molecule has 114 valence electrons. The number of rotatable bonds is 5. The highest BCUT2D eigenvalue weighted by Crippen LogP contribution is 2.28. The third-order valence-electron chi connectivity index (χ3n) is 3.02. The molecule has 0 spiro atoms. The predicted molar refractivity (Wildman–Crippen MR) is 80.3 cm³/mol. The van der Waals surface area contributed by atoms with E-state index >= 15 is 0 Å². The number of amides is 2. The molecule has 2 rings (SSSR count). The van der Waals surface area contributed by atoms with E-state index in [1.807, 2.05) is 0 Å². The summed E-state index contributed by atoms with van der Waals surface area (Å²) in [6, 6.07) is 0. The zero-order chi connectivity index (χ0) is 15.2. The molecule has 2 heterocycles. The van der Waals surface area contributed by atoms with Gasteiger partial charge in [-0.3, -0.25) is 15.0 Å². The van der Waals surface area contributed by atoms with Crippen molar-refractivity contribution in [3.05, 3.63) is 23.2 Å². The van der Waals surface area contributed by atoms with Crippen LogP contribution in [-0.2, 0) is 22.5 Å². The molecule has 0 fully saturated rings. The van der Waals surface area contributed by atoms with E-state index in [1.165, 1.54) is 18.4 Å². The number of hydrogen-bond acceptors (Lipinski definition) is 6. The van der Waals surface area contributed by atoms with Gasteiger partial charge >= 0.3 is 6.09 Å². The minimum Gasteiger partial charge on any atom is -0.453 e. The maximum Gasteiger partial charge on any atom is 0.413 e. The maximum absolute atomic E-state index is 11.7. The van der Waals surface area contributed by atoms with Crippen molar-refractivity contribution >= 4 is 28.5 Å². The van der Waals surface area contributed by atoms with Crippen molar-refractivity contribution in [2.45, 2.75) is 13.0 Å². The molecule has 0 aromatic carbocycles. The van der Waals surface area contributed by atoms with E-state index in [9.17, 15) is 9.59 Å². The average Bonchev–Trinajstić information content (AvgIpc) is 2.86. The quantitative estimate of drug-likeness (QED) is 0.792. The Morgan fingerprint density at radius 3 is 3.10 bits per heavy atom. The second-order valence-corrected chi connectivity index (χ2v) is 5.64. The van der Waals surface area contributed by atoms with E-state index in [0.29, 0.717) is 24.8 Å². The molecule has 1 aliphatic heterocycles. The molecule has 1 aromatic rings. The molecule has 0 atom stereocenters. The van der Waals surface area contributed by atoms with Crippen LogP contribution < -0.4 is 10.6 Å². The highest BCUT2D eigenvalue weighted by atomic mass is 32.1. The van der Waals surface area contributed by atoms with E-state index in [2.05, 4.69) is 31.8 Å². The van der Waals surface area contributed by atoms with E-state index in [-0.39, 0.29) is 5.91 Å². The van der Waals surface area contributed by atoms with Gasteiger partial charge in [-0.25, -0.2) is 9.78 Å². The molecule has 2 amide bonds. The van der Waals surface area contributed by atoms with Gasteiger partial charge in [-0.1, -0.05) is 17.4 Å². The monoisotopic (exact) mass is 310 g/mol. The first-order valence-electron chi connectivity index (χ1n) is 6.56. The van der Waals surface area contributed by atoms with Crippen LogP contribution in [0.2, 0.25) is 0 Å². The van der Waals surface area contributed by atoms with Crippen molar-refractivity contribution in [1.82, 2.24) is 15.2 Å². The average molecular weight is 310 g/mol. The number of anilines is 1. The Morgan fingerprint density at radius 1 is 1.57 bits per heavy atom. The third kappa shape index (κ3) is 4.27. The molecule has 0 saturated carbocycles. The molecule has 0 bridgehead atoms. The van der Waals surface area contributed by atoms with Gasteiger partial charge in [-0.05, 0) is 0 Å². The molecule has 0 unspecified atom stereocenters. The first kappa shape index (κ1) is 15.5. The fourth-order valence-electron chi connectivity index (χ4n) is 2.02. The summed E-state index contributed by atoms with van der Waals surface area (Å²) in [5.41, 5.74) is 0.981. The maximum atomic E-state index is 11.7. The number of carbonyl (C=O) groups excluding carboxylic acids is 2. The lowest BCUT2D eigenvalue weighted by Crippen LogP contribution is -2.39. The second kappa shape index (κ2) is 7.19. The van der Waals surface area contributed by atoms with E-state index < -0.39 is 6.09 Å². The standard InChI is InChI=1S/C13H18N4O3S/c1-3-5-14-11(18)8-17-6-4-9-10(7-17)21-12(15-9)16-13(19)20-2/h3H,1,4-8H2,2H3,(H,14,18)(H,15,16,19). The Morgan fingerprint density at radius 2 is 2.38 bits per heavy atom. The van der Waals surface area contributed by atoms with Crippen LogP contribution in [0, 0.1) is 0 Å². The highest BCUT2D eigenvalue weighted by Gasteiger charge is 2.22. The topological polar surface area (TPSA) is 83.6 Å². The summed E-state index contributed by atoms with van der Waals surface area (Å²) >= 11 is 1.42. The molecule has 2 N–H and O–H groups in total. The van der Waals surface area contributed by atoms with Crippen molar-refractivity contribution in [3.63, 3.8) is 0 Å². The number of fused-ring (bicyclic) bond motifs is 1. The van der Waals surface area contributed by atoms with Crippen LogP contribution in [-0.4, -0.2) is 48.6 Å². The van der Waals surface area contributed by atoms with Crippen LogP contribution in [0.4, 0.5) is 9.93 Å². The van der Waals surface area contributed by atoms with Crippen molar-refractivity contribution in [1.29, 1.82) is 0 Å². The summed E-state index contributed by atoms with van der Waals surface area (Å²) in [6.07, 6.45) is 1.89. The zero-order valence-electron chi connectivity index (χ0n) is 11.8. The number of carbonyl (C=O) groups is 2. The lowest BCUT2D eigenvalue weighted by molar-refractivity contribution is -0.122. The predicted octanol–water partition coefficient (Wildman–Crippen LogP) is 0.982. The number of aromatic nitrogens is 1. The lowest BCUT2D eigenvalue weighted by Gasteiger charge is -2.24. The molecular formula is C13H18N4O3S. The van der Waals surface area contributed by atoms with Gasteiger partial charge in [0.15, 0.2) is 5.13 Å². The molecule has 21 heavy (non-hydrogen) atoms. The first-order valence-corrected chi connectivity index (χ1v) is 7.37. The van der Waals surface area contributed by atoms with Crippen molar-refractivity contribution in [2.75, 3.05) is 32.1 Å². The lowest BCUT2D eigenvalue weighted by atomic mass is 10.2. The number of nitrogens with one attached hydrogen (secondary N) is 2. The second-order valence-electron chi connectivity index (χ2n) is 4.56. The smallest absolute Gasteiger partial charge is 0.413 e. The third-order valence-corrected chi connectivity index (χ3v) is 4.01. The number of methoxy groups -OCH3 is 1. The summed E-state index contributed by atoms with van der Waals surface area (Å²) < 4.78 is 4.54.